The third-order valence-corrected chi connectivity index (χ3v) is 9.09. The Bertz CT molecular complexity index is 196. The Labute approximate surface area is 105 Å². The van der Waals surface area contributed by atoms with Gasteiger partial charge >= 0.3 is 0 Å². The van der Waals surface area contributed by atoms with E-state index in [1.54, 1.807) is 0 Å². The quantitative estimate of drug-likeness (QED) is 0.644. The van der Waals surface area contributed by atoms with Gasteiger partial charge in [-0.15, -0.1) is 0 Å². The van der Waals surface area contributed by atoms with E-state index in [1.165, 1.54) is 42.9 Å². The van der Waals surface area contributed by atoms with Crippen LogP contribution in [0.4, 0.5) is 0 Å². The van der Waals surface area contributed by atoms with E-state index in [-0.39, 0.29) is 10.0 Å². The second-order valence-electron chi connectivity index (χ2n) is 6.13. The Balaban J connectivity index is 2.52. The molecule has 0 bridgehead atoms. The van der Waals surface area contributed by atoms with E-state index >= 15 is 0 Å². The molecular formula is C15H32S. The molecule has 0 radical (unpaired) electrons. The highest BCUT2D eigenvalue weighted by Crippen LogP contribution is 2.48. The molecule has 0 aromatic heterocycles. The number of hydrogen-bond donors (Lipinski definition) is 0. The Hall–Kier alpha value is 0.350. The highest BCUT2D eigenvalue weighted by Gasteiger charge is 2.29. The highest BCUT2D eigenvalue weighted by molar-refractivity contribution is 8.33. The molecule has 0 aromatic rings. The van der Waals surface area contributed by atoms with Crippen molar-refractivity contribution in [3.63, 3.8) is 0 Å². The average Bonchev–Trinajstić information content (AvgIpc) is 2.29. The molecule has 0 spiro atoms. The van der Waals surface area contributed by atoms with Crippen LogP contribution in [0.3, 0.4) is 0 Å². The molecule has 0 aromatic carbocycles. The van der Waals surface area contributed by atoms with Crippen LogP contribution in [0.5, 0.6) is 0 Å². The van der Waals surface area contributed by atoms with Gasteiger partial charge in [-0.25, -0.2) is 10.0 Å². The maximum absolute atomic E-state index is 2.57. The Kier molecular flexibility index (Phi) is 5.70. The van der Waals surface area contributed by atoms with E-state index in [0.29, 0.717) is 0 Å². The maximum Gasteiger partial charge on any atom is -0.0202 e. The van der Waals surface area contributed by atoms with Crippen LogP contribution in [0.15, 0.2) is 0 Å². The first kappa shape index (κ1) is 14.4. The minimum absolute atomic E-state index is 0.287. The molecule has 16 heavy (non-hydrogen) atoms. The van der Waals surface area contributed by atoms with Gasteiger partial charge in [-0.2, -0.15) is 0 Å². The first-order chi connectivity index (χ1) is 7.52. The van der Waals surface area contributed by atoms with Crippen LogP contribution >= 0.6 is 10.0 Å². The van der Waals surface area contributed by atoms with Crippen molar-refractivity contribution in [1.29, 1.82) is 0 Å². The molecule has 0 amide bonds. The van der Waals surface area contributed by atoms with Gasteiger partial charge in [0, 0.05) is 0 Å². The van der Waals surface area contributed by atoms with Crippen LogP contribution < -0.4 is 0 Å². The monoisotopic (exact) mass is 244 g/mol. The van der Waals surface area contributed by atoms with Crippen LogP contribution in [0.1, 0.15) is 53.4 Å². The third-order valence-electron chi connectivity index (χ3n) is 4.97. The lowest BCUT2D eigenvalue weighted by Crippen LogP contribution is -2.28. The summed E-state index contributed by atoms with van der Waals surface area (Å²) in [5, 5.41) is 0. The molecule has 0 heterocycles. The largest absolute Gasteiger partial charge is 0.244 e. The van der Waals surface area contributed by atoms with E-state index in [1.807, 2.05) is 0 Å². The zero-order valence-corrected chi connectivity index (χ0v) is 12.9. The van der Waals surface area contributed by atoms with Crippen molar-refractivity contribution in [1.82, 2.24) is 0 Å². The Morgan fingerprint density at radius 3 is 2.19 bits per heavy atom. The van der Waals surface area contributed by atoms with E-state index in [9.17, 15) is 0 Å². The number of rotatable bonds is 5. The van der Waals surface area contributed by atoms with Gasteiger partial charge in [0.25, 0.3) is 0 Å². The fraction of sp³-hybridized carbons (Fsp3) is 1.00. The molecule has 1 rings (SSSR count). The first-order valence-corrected chi connectivity index (χ1v) is 9.78. The van der Waals surface area contributed by atoms with Crippen molar-refractivity contribution >= 4 is 10.0 Å². The molecule has 0 nitrogen and oxygen atoms in total. The van der Waals surface area contributed by atoms with E-state index in [2.05, 4.69) is 34.0 Å². The minimum Gasteiger partial charge on any atom is -0.244 e. The fourth-order valence-corrected chi connectivity index (χ4v) is 5.78. The van der Waals surface area contributed by atoms with Gasteiger partial charge in [0.15, 0.2) is 0 Å². The lowest BCUT2D eigenvalue weighted by molar-refractivity contribution is 0.198. The van der Waals surface area contributed by atoms with Crippen molar-refractivity contribution in [2.45, 2.75) is 53.4 Å². The summed E-state index contributed by atoms with van der Waals surface area (Å²) in [7, 11) is -0.287. The van der Waals surface area contributed by atoms with Crippen molar-refractivity contribution in [3.05, 3.63) is 0 Å². The Morgan fingerprint density at radius 1 is 1.12 bits per heavy atom. The lowest BCUT2D eigenvalue weighted by atomic mass is 9.74. The molecule has 1 fully saturated rings. The van der Waals surface area contributed by atoms with Crippen LogP contribution in [0.25, 0.3) is 0 Å². The molecule has 1 saturated carbocycles. The molecular weight excluding hydrogens is 212 g/mol. The zero-order chi connectivity index (χ0) is 12.2. The topological polar surface area (TPSA) is 0 Å². The van der Waals surface area contributed by atoms with Crippen LogP contribution in [0.2, 0.25) is 0 Å². The average molecular weight is 244 g/mol. The van der Waals surface area contributed by atoms with Crippen LogP contribution in [-0.2, 0) is 0 Å². The molecule has 0 aliphatic heterocycles. The van der Waals surface area contributed by atoms with Crippen molar-refractivity contribution in [2.24, 2.45) is 17.8 Å². The summed E-state index contributed by atoms with van der Waals surface area (Å²) in [5.41, 5.74) is 0. The summed E-state index contributed by atoms with van der Waals surface area (Å²) >= 11 is 0. The van der Waals surface area contributed by atoms with E-state index < -0.39 is 0 Å². The smallest absolute Gasteiger partial charge is 0.0202 e. The highest BCUT2D eigenvalue weighted by atomic mass is 32.3. The molecule has 3 atom stereocenters. The van der Waals surface area contributed by atoms with Crippen molar-refractivity contribution in [2.75, 3.05) is 23.5 Å². The summed E-state index contributed by atoms with van der Waals surface area (Å²) < 4.78 is 0. The molecule has 98 valence electrons. The first-order valence-electron chi connectivity index (χ1n) is 7.23. The van der Waals surface area contributed by atoms with Gasteiger partial charge in [0.1, 0.15) is 0 Å². The summed E-state index contributed by atoms with van der Waals surface area (Å²) in [4.78, 5) is 0. The molecule has 0 saturated heterocycles. The predicted molar refractivity (Wildman–Crippen MR) is 79.8 cm³/mol. The van der Waals surface area contributed by atoms with Gasteiger partial charge in [0.05, 0.1) is 0 Å². The van der Waals surface area contributed by atoms with E-state index in [0.717, 1.165) is 17.8 Å². The van der Waals surface area contributed by atoms with Crippen molar-refractivity contribution in [3.8, 4) is 0 Å². The summed E-state index contributed by atoms with van der Waals surface area (Å²) in [6.07, 6.45) is 8.53. The van der Waals surface area contributed by atoms with Crippen molar-refractivity contribution < 1.29 is 0 Å². The maximum atomic E-state index is 2.57. The van der Waals surface area contributed by atoms with Gasteiger partial charge in [-0.05, 0) is 47.7 Å². The third kappa shape index (κ3) is 3.68. The van der Waals surface area contributed by atoms with Gasteiger partial charge in [-0.3, -0.25) is 0 Å². The summed E-state index contributed by atoms with van der Waals surface area (Å²) in [5.74, 6) is 7.36. The standard InChI is InChI=1S/C15H32S/c1-6-16(5,7-2)12-14(4)15-11-9-8-10-13(15)3/h13-15H,6-12H2,1-5H3. The van der Waals surface area contributed by atoms with E-state index in [4.69, 9.17) is 0 Å². The second-order valence-corrected chi connectivity index (χ2v) is 10.6. The zero-order valence-electron chi connectivity index (χ0n) is 12.1. The molecule has 1 heteroatoms. The lowest BCUT2D eigenvalue weighted by Gasteiger charge is -2.41. The summed E-state index contributed by atoms with van der Waals surface area (Å²) in [6, 6.07) is 0. The number of hydrogen-bond acceptors (Lipinski definition) is 0. The summed E-state index contributed by atoms with van der Waals surface area (Å²) in [6.45, 7) is 9.82. The molecule has 3 unspecified atom stereocenters. The molecule has 1 aliphatic carbocycles. The normalized spacial score (nSPS) is 30.1. The second kappa shape index (κ2) is 6.33. The van der Waals surface area contributed by atoms with Crippen LogP contribution in [-0.4, -0.2) is 23.5 Å². The fourth-order valence-electron chi connectivity index (χ4n) is 3.39. The minimum atomic E-state index is -0.287. The predicted octanol–water partition coefficient (Wildman–Crippen LogP) is 4.92. The molecule has 1 aliphatic rings. The van der Waals surface area contributed by atoms with Crippen LogP contribution in [0, 0.1) is 17.8 Å². The van der Waals surface area contributed by atoms with Gasteiger partial charge in [-0.1, -0.05) is 47.0 Å². The Morgan fingerprint density at radius 2 is 1.69 bits per heavy atom. The molecule has 0 N–H and O–H groups in total. The van der Waals surface area contributed by atoms with Gasteiger partial charge in [0.2, 0.25) is 0 Å². The SMILES string of the molecule is CCS(C)(CC)CC(C)C1CCCCC1C. The van der Waals surface area contributed by atoms with Gasteiger partial charge < -0.3 is 0 Å².